The second-order valence-electron chi connectivity index (χ2n) is 25.2. The van der Waals surface area contributed by atoms with E-state index in [1.807, 2.05) is 48.5 Å². The number of oxazole rings is 1. The maximum absolute atomic E-state index is 12.3. The number of terminal acetylenes is 2. The van der Waals surface area contributed by atoms with Gasteiger partial charge in [0.05, 0.1) is 36.5 Å². The van der Waals surface area contributed by atoms with E-state index in [-0.39, 0.29) is 92.0 Å². The average molecular weight is 1210 g/mol. The number of nitrogens with two attached hydrogens (primary N) is 1. The van der Waals surface area contributed by atoms with E-state index in [0.717, 1.165) is 5.69 Å². The van der Waals surface area contributed by atoms with E-state index in [9.17, 15) is 52.7 Å². The van der Waals surface area contributed by atoms with Gasteiger partial charge in [-0.3, -0.25) is 33.6 Å². The number of hydrogen-bond acceptors (Lipinski definition) is 18. The lowest BCUT2D eigenvalue weighted by Crippen LogP contribution is -2.45. The molecular weight excluding hydrogens is 1110 g/mol. The number of aryl methyl sites for hydroxylation is 1. The Kier molecular flexibility index (Phi) is 30.4. The monoisotopic (exact) mass is 1210 g/mol. The molecule has 8 atom stereocenters. The maximum Gasteiger partial charge on any atom is 0.329 e. The largest absolute Gasteiger partial charge is 0.481 e. The Morgan fingerprint density at radius 2 is 0.907 bits per heavy atom. The number of carboxylic acid groups (broad SMARTS) is 1. The molecule has 24 nitrogen and oxygen atoms in total. The number of nitrogens with one attached hydrogen (secondary N) is 1. The van der Waals surface area contributed by atoms with E-state index in [1.54, 1.807) is 80.4 Å². The van der Waals surface area contributed by atoms with Crippen molar-refractivity contribution < 1.29 is 81.2 Å². The number of ether oxygens (including phenoxy) is 4. The summed E-state index contributed by atoms with van der Waals surface area (Å²) in [5, 5.41) is 11.5. The van der Waals surface area contributed by atoms with Crippen molar-refractivity contribution in [1.82, 2.24) is 29.9 Å². The third-order valence-corrected chi connectivity index (χ3v) is 13.2. The van der Waals surface area contributed by atoms with Crippen LogP contribution >= 0.6 is 0 Å². The van der Waals surface area contributed by atoms with Crippen molar-refractivity contribution in [3.63, 3.8) is 0 Å². The first-order valence-electron chi connectivity index (χ1n) is 29.2. The van der Waals surface area contributed by atoms with E-state index in [1.165, 1.54) is 21.6 Å². The summed E-state index contributed by atoms with van der Waals surface area (Å²) in [6.07, 6.45) is 13.8. The first kappa shape index (κ1) is 76.7. The van der Waals surface area contributed by atoms with Crippen LogP contribution < -0.4 is 11.1 Å². The van der Waals surface area contributed by atoms with Crippen molar-refractivity contribution in [2.75, 3.05) is 39.3 Å². The van der Waals surface area contributed by atoms with Crippen LogP contribution in [0.15, 0.2) is 10.7 Å². The summed E-state index contributed by atoms with van der Waals surface area (Å²) in [6, 6.07) is -2.49. The molecule has 0 saturated carbocycles. The third kappa shape index (κ3) is 25.7. The van der Waals surface area contributed by atoms with Gasteiger partial charge in [-0.25, -0.2) is 24.2 Å². The van der Waals surface area contributed by atoms with E-state index >= 15 is 0 Å². The van der Waals surface area contributed by atoms with Crippen LogP contribution in [0, 0.1) is 49.4 Å². The molecular formula is C62H97N7O17. The molecule has 24 heteroatoms. The van der Waals surface area contributed by atoms with Gasteiger partial charge in [0.15, 0.2) is 5.89 Å². The number of aliphatic carboxylic acids is 1. The van der Waals surface area contributed by atoms with Gasteiger partial charge in [-0.15, -0.1) is 12.8 Å². The molecule has 8 unspecified atom stereocenters. The van der Waals surface area contributed by atoms with Crippen molar-refractivity contribution in [1.29, 1.82) is 0 Å². The second kappa shape index (κ2) is 34.1. The number of nitrogens with zero attached hydrogens (tertiary/aromatic N) is 5. The second-order valence-corrected chi connectivity index (χ2v) is 25.2. The topological polar surface area (TPSA) is 322 Å². The number of rotatable bonds is 17. The van der Waals surface area contributed by atoms with E-state index < -0.39 is 82.3 Å². The molecule has 4 fully saturated rings. The third-order valence-electron chi connectivity index (χ3n) is 13.2. The number of amides is 5. The van der Waals surface area contributed by atoms with Crippen molar-refractivity contribution >= 4 is 65.2 Å². The lowest BCUT2D eigenvalue weighted by molar-refractivity contribution is -0.164. The highest BCUT2D eigenvalue weighted by Crippen LogP contribution is 2.31. The summed E-state index contributed by atoms with van der Waals surface area (Å²) in [5.41, 5.74) is 3.20. The Balaban J connectivity index is 0.000000562. The zero-order valence-electron chi connectivity index (χ0n) is 54.0. The molecule has 0 aliphatic carbocycles. The zero-order chi connectivity index (χ0) is 66.4. The average Bonchev–Trinajstić information content (AvgIpc) is 3.16. The van der Waals surface area contributed by atoms with Gasteiger partial charge in [-0.1, -0.05) is 39.5 Å². The van der Waals surface area contributed by atoms with Crippen molar-refractivity contribution in [2.45, 2.75) is 228 Å². The molecule has 0 aromatic carbocycles. The number of esters is 4. The molecule has 4 aliphatic rings. The molecule has 0 radical (unpaired) electrons. The van der Waals surface area contributed by atoms with Gasteiger partial charge >= 0.3 is 29.8 Å². The number of carboxylic acids is 1. The van der Waals surface area contributed by atoms with Crippen LogP contribution in [0.3, 0.4) is 0 Å². The number of hydrogen-bond donors (Lipinski definition) is 3. The summed E-state index contributed by atoms with van der Waals surface area (Å²) in [6.45, 7) is 33.6. The Hall–Kier alpha value is -7.34. The molecule has 1 aromatic heterocycles. The number of carbonyl (C=O) groups is 11. The van der Waals surface area contributed by atoms with Crippen molar-refractivity contribution in [3.8, 4) is 24.7 Å². The van der Waals surface area contributed by atoms with Gasteiger partial charge in [0.1, 0.15) is 58.6 Å². The van der Waals surface area contributed by atoms with E-state index in [4.69, 9.17) is 40.6 Å². The normalized spacial score (nSPS) is 19.9. The fourth-order valence-corrected chi connectivity index (χ4v) is 9.29. The van der Waals surface area contributed by atoms with Crippen LogP contribution in [0.2, 0.25) is 0 Å². The van der Waals surface area contributed by atoms with Crippen LogP contribution in [-0.4, -0.2) is 181 Å². The van der Waals surface area contributed by atoms with Crippen LogP contribution in [0.5, 0.6) is 0 Å². The fourth-order valence-electron chi connectivity index (χ4n) is 9.29. The molecule has 0 spiro atoms. The Morgan fingerprint density at radius 3 is 1.17 bits per heavy atom. The minimum Gasteiger partial charge on any atom is -0.481 e. The molecule has 4 saturated heterocycles. The van der Waals surface area contributed by atoms with Gasteiger partial charge < -0.3 is 59.1 Å². The van der Waals surface area contributed by atoms with Crippen LogP contribution in [0.25, 0.3) is 0 Å². The highest BCUT2D eigenvalue weighted by Gasteiger charge is 2.45. The maximum atomic E-state index is 12.3. The number of likely N-dealkylation sites (tertiary alicyclic amines) is 4. The number of aromatic nitrogens is 1. The fraction of sp³-hybridized carbons (Fsp3) is 0.710. The smallest absolute Gasteiger partial charge is 0.329 e. The molecule has 0 bridgehead atoms. The first-order valence-corrected chi connectivity index (χ1v) is 29.2. The Bertz CT molecular complexity index is 2530. The van der Waals surface area contributed by atoms with Crippen LogP contribution in [0.1, 0.15) is 187 Å². The summed E-state index contributed by atoms with van der Waals surface area (Å²) < 4.78 is 26.8. The molecule has 4 aliphatic heterocycles. The first-order chi connectivity index (χ1) is 39.6. The number of carbonyl (C=O) groups excluding carboxylic acids is 10. The summed E-state index contributed by atoms with van der Waals surface area (Å²) >= 11 is 0. The van der Waals surface area contributed by atoms with E-state index in [2.05, 4.69) is 28.6 Å². The van der Waals surface area contributed by atoms with Crippen molar-refractivity contribution in [2.24, 2.45) is 23.5 Å². The molecule has 4 N–H and O–H groups in total. The standard InChI is InChI=1S/2C16H24N2O4.C14H23NO4.C13H21NO5.C3H5N/c1-6-12(15(20)22-16(3,4)5)18-8-11(7-13(18)19)14-17-10(2)9-21-14;1-6-8-17-14(20)11-9-13(19)18(10-11)12(7-2)15(21)22-16(3,4)5;1-6-11(13(18)19-14(3,4)5)15-8-10(9(2)16)7-12(15)17;1-5-9(12(18)19-13(2,3)4)14-7-8(11(16)17)6-10(14)15;1-2-3-4/h9,11-12H,6-8H2,1-5H3;1,11-12H,7-10H2,2-5H3,(H,17,20);10-11H,6-8H2,1-5H3;8-9H,5-7H2,1-4H3,(H,16,17);1H,3-4H2. The van der Waals surface area contributed by atoms with E-state index in [0.29, 0.717) is 57.6 Å². The Labute approximate surface area is 508 Å². The number of Topliss-reactive ketones (excluding diaryl/α,β-unsaturated/α-hetero) is 1. The van der Waals surface area contributed by atoms with Crippen LogP contribution in [-0.2, 0) is 71.7 Å². The van der Waals surface area contributed by atoms with Gasteiger partial charge in [-0.2, -0.15) is 0 Å². The molecule has 482 valence electrons. The van der Waals surface area contributed by atoms with Gasteiger partial charge in [0, 0.05) is 57.8 Å². The van der Waals surface area contributed by atoms with Gasteiger partial charge in [-0.05, 0) is 123 Å². The molecule has 1 aromatic rings. The molecule has 5 rings (SSSR count). The highest BCUT2D eigenvalue weighted by molar-refractivity contribution is 5.94. The lowest BCUT2D eigenvalue weighted by Gasteiger charge is -2.29. The van der Waals surface area contributed by atoms with Crippen LogP contribution in [0.4, 0.5) is 0 Å². The lowest BCUT2D eigenvalue weighted by atomic mass is 10.1. The summed E-state index contributed by atoms with van der Waals surface area (Å²) in [4.78, 5) is 141. The number of ketones is 1. The molecule has 5 heterocycles. The molecule has 86 heavy (non-hydrogen) atoms. The summed E-state index contributed by atoms with van der Waals surface area (Å²) in [5.74, 6) is -0.144. The molecule has 5 amide bonds. The minimum atomic E-state index is -1.00. The van der Waals surface area contributed by atoms with Gasteiger partial charge in [0.25, 0.3) is 0 Å². The zero-order valence-corrected chi connectivity index (χ0v) is 54.0. The SMILES string of the molecule is C#CCN.C#CCNC(=O)C1CC(=O)N(C(CC)C(=O)OC(C)(C)C)C1.CCC(C(=O)OC(C)(C)C)N1CC(C(=O)O)CC1=O.CCC(C(=O)OC(C)(C)C)N1CC(C(C)=O)CC1=O.CCC(C(=O)OC(C)(C)C)N1CC(c2nc(C)co2)CC1=O. The predicted octanol–water partition coefficient (Wildman–Crippen LogP) is 5.29. The van der Waals surface area contributed by atoms with Crippen molar-refractivity contribution in [3.05, 3.63) is 17.8 Å². The minimum absolute atomic E-state index is 0.00473. The highest BCUT2D eigenvalue weighted by atomic mass is 16.6. The predicted molar refractivity (Wildman–Crippen MR) is 318 cm³/mol. The Morgan fingerprint density at radius 1 is 0.593 bits per heavy atom. The van der Waals surface area contributed by atoms with Gasteiger partial charge in [0.2, 0.25) is 29.5 Å². The summed E-state index contributed by atoms with van der Waals surface area (Å²) in [7, 11) is 0. The quantitative estimate of drug-likeness (QED) is 0.101.